The molecular formula is C32H32N4. The van der Waals surface area contributed by atoms with Crippen molar-refractivity contribution in [3.8, 4) is 28.6 Å². The molecular weight excluding hydrogens is 440 g/mol. The van der Waals surface area contributed by atoms with Gasteiger partial charge in [0.15, 0.2) is 0 Å². The molecule has 1 heterocycles. The van der Waals surface area contributed by atoms with Crippen molar-refractivity contribution >= 4 is 27.5 Å². The van der Waals surface area contributed by atoms with Crippen molar-refractivity contribution in [3.05, 3.63) is 84.4 Å². The summed E-state index contributed by atoms with van der Waals surface area (Å²) in [6.45, 7) is 6.73. The average molecular weight is 473 g/mol. The lowest BCUT2D eigenvalue weighted by molar-refractivity contribution is 0.678. The third-order valence-corrected chi connectivity index (χ3v) is 6.89. The standard InChI is InChI=1S/C32H32N4/c1-3-5-19-36(20-6-4-2)26-17-15-24(16-18-26)29-21-30-31(28-10-8-7-9-27(28)29)35-32(34-30)25-13-11-23(22-33)12-14-25/h7-18,21H,3-6,19-20H2,1-2H3,(H,34,35). The monoisotopic (exact) mass is 472 g/mol. The first-order valence-corrected chi connectivity index (χ1v) is 13.0. The number of hydrogen-bond donors (Lipinski definition) is 1. The number of unbranched alkanes of at least 4 members (excludes halogenated alkanes) is 2. The van der Waals surface area contributed by atoms with Gasteiger partial charge in [0.05, 0.1) is 22.7 Å². The molecule has 0 atom stereocenters. The number of fused-ring (bicyclic) bond motifs is 3. The Morgan fingerprint density at radius 3 is 2.08 bits per heavy atom. The maximum Gasteiger partial charge on any atom is 0.138 e. The third kappa shape index (κ3) is 4.70. The molecule has 5 aromatic rings. The number of aromatic nitrogens is 2. The normalized spacial score (nSPS) is 11.1. The Morgan fingerprint density at radius 1 is 0.806 bits per heavy atom. The van der Waals surface area contributed by atoms with Crippen LogP contribution in [0, 0.1) is 11.3 Å². The van der Waals surface area contributed by atoms with E-state index >= 15 is 0 Å². The van der Waals surface area contributed by atoms with Crippen LogP contribution in [0.1, 0.15) is 45.1 Å². The lowest BCUT2D eigenvalue weighted by Gasteiger charge is -2.25. The van der Waals surface area contributed by atoms with Crippen LogP contribution in [0.5, 0.6) is 0 Å². The minimum atomic E-state index is 0.647. The summed E-state index contributed by atoms with van der Waals surface area (Å²) < 4.78 is 0. The van der Waals surface area contributed by atoms with Gasteiger partial charge in [0.25, 0.3) is 0 Å². The van der Waals surface area contributed by atoms with E-state index in [0.29, 0.717) is 5.56 Å². The second-order valence-corrected chi connectivity index (χ2v) is 9.38. The number of aromatic amines is 1. The van der Waals surface area contributed by atoms with Gasteiger partial charge in [-0.1, -0.05) is 63.1 Å². The zero-order chi connectivity index (χ0) is 24.9. The summed E-state index contributed by atoms with van der Waals surface area (Å²) in [6, 6.07) is 29.5. The number of imidazole rings is 1. The van der Waals surface area contributed by atoms with Crippen LogP contribution in [-0.2, 0) is 0 Å². The molecule has 0 fully saturated rings. The van der Waals surface area contributed by atoms with Crippen LogP contribution in [0.15, 0.2) is 78.9 Å². The molecule has 4 heteroatoms. The fourth-order valence-electron chi connectivity index (χ4n) is 4.84. The summed E-state index contributed by atoms with van der Waals surface area (Å²) in [5.41, 5.74) is 7.31. The number of rotatable bonds is 9. The molecule has 0 unspecified atom stereocenters. The number of nitriles is 1. The van der Waals surface area contributed by atoms with E-state index in [4.69, 9.17) is 10.2 Å². The molecule has 5 rings (SSSR count). The topological polar surface area (TPSA) is 55.7 Å². The fourth-order valence-corrected chi connectivity index (χ4v) is 4.84. The number of benzene rings is 4. The Balaban J connectivity index is 1.55. The van der Waals surface area contributed by atoms with Crippen LogP contribution in [0.25, 0.3) is 44.3 Å². The Bertz CT molecular complexity index is 1500. The lowest BCUT2D eigenvalue weighted by atomic mass is 9.97. The summed E-state index contributed by atoms with van der Waals surface area (Å²) in [7, 11) is 0. The zero-order valence-electron chi connectivity index (χ0n) is 21.1. The van der Waals surface area contributed by atoms with Crippen LogP contribution in [0.2, 0.25) is 0 Å². The molecule has 0 aliphatic rings. The minimum Gasteiger partial charge on any atom is -0.372 e. The van der Waals surface area contributed by atoms with Gasteiger partial charge in [-0.2, -0.15) is 5.26 Å². The van der Waals surface area contributed by atoms with E-state index in [1.54, 1.807) is 0 Å². The number of H-pyrrole nitrogens is 1. The minimum absolute atomic E-state index is 0.647. The third-order valence-electron chi connectivity index (χ3n) is 6.89. The fraction of sp³-hybridized carbons (Fsp3) is 0.250. The molecule has 4 aromatic carbocycles. The molecule has 4 nitrogen and oxygen atoms in total. The van der Waals surface area contributed by atoms with E-state index in [1.807, 2.05) is 24.3 Å². The van der Waals surface area contributed by atoms with E-state index in [9.17, 15) is 0 Å². The van der Waals surface area contributed by atoms with Crippen molar-refractivity contribution in [2.24, 2.45) is 0 Å². The maximum atomic E-state index is 9.12. The highest BCUT2D eigenvalue weighted by Gasteiger charge is 2.14. The summed E-state index contributed by atoms with van der Waals surface area (Å²) in [5, 5.41) is 11.5. The van der Waals surface area contributed by atoms with E-state index in [0.717, 1.165) is 40.9 Å². The van der Waals surface area contributed by atoms with Crippen LogP contribution in [0.4, 0.5) is 5.69 Å². The van der Waals surface area contributed by atoms with Crippen molar-refractivity contribution in [1.29, 1.82) is 5.26 Å². The van der Waals surface area contributed by atoms with Crippen molar-refractivity contribution in [2.45, 2.75) is 39.5 Å². The molecule has 0 saturated carbocycles. The van der Waals surface area contributed by atoms with Gasteiger partial charge in [-0.15, -0.1) is 0 Å². The number of nitrogens with one attached hydrogen (secondary N) is 1. The van der Waals surface area contributed by atoms with Gasteiger partial charge < -0.3 is 9.88 Å². The molecule has 36 heavy (non-hydrogen) atoms. The highest BCUT2D eigenvalue weighted by molar-refractivity contribution is 6.12. The number of nitrogens with zero attached hydrogens (tertiary/aromatic N) is 3. The summed E-state index contributed by atoms with van der Waals surface area (Å²) in [6.07, 6.45) is 4.85. The second kappa shape index (κ2) is 10.7. The van der Waals surface area contributed by atoms with E-state index < -0.39 is 0 Å². The van der Waals surface area contributed by atoms with Crippen LogP contribution in [0.3, 0.4) is 0 Å². The summed E-state index contributed by atoms with van der Waals surface area (Å²) in [4.78, 5) is 11.0. The summed E-state index contributed by atoms with van der Waals surface area (Å²) >= 11 is 0. The van der Waals surface area contributed by atoms with Crippen molar-refractivity contribution < 1.29 is 0 Å². The van der Waals surface area contributed by atoms with Gasteiger partial charge >= 0.3 is 0 Å². The molecule has 0 aliphatic heterocycles. The number of hydrogen-bond acceptors (Lipinski definition) is 3. The Kier molecular flexibility index (Phi) is 7.00. The highest BCUT2D eigenvalue weighted by atomic mass is 15.1. The van der Waals surface area contributed by atoms with Gasteiger partial charge in [0.2, 0.25) is 0 Å². The van der Waals surface area contributed by atoms with Crippen molar-refractivity contribution in [1.82, 2.24) is 9.97 Å². The van der Waals surface area contributed by atoms with E-state index in [-0.39, 0.29) is 0 Å². The Morgan fingerprint density at radius 2 is 1.44 bits per heavy atom. The summed E-state index contributed by atoms with van der Waals surface area (Å²) in [5.74, 6) is 0.814. The molecule has 0 radical (unpaired) electrons. The molecule has 0 bridgehead atoms. The van der Waals surface area contributed by atoms with Gasteiger partial charge in [0.1, 0.15) is 5.82 Å². The first-order chi connectivity index (χ1) is 17.7. The molecule has 0 saturated heterocycles. The molecule has 1 aromatic heterocycles. The lowest BCUT2D eigenvalue weighted by Crippen LogP contribution is -2.25. The SMILES string of the molecule is CCCCN(CCCC)c1ccc(-c2cc3[nH]c(-c4ccc(C#N)cc4)nc3c3ccccc23)cc1. The molecule has 0 aliphatic carbocycles. The molecule has 180 valence electrons. The molecule has 0 spiro atoms. The van der Waals surface area contributed by atoms with Gasteiger partial charge in [-0.3, -0.25) is 0 Å². The van der Waals surface area contributed by atoms with Crippen LogP contribution in [-0.4, -0.2) is 23.1 Å². The largest absolute Gasteiger partial charge is 0.372 e. The average Bonchev–Trinajstić information content (AvgIpc) is 3.37. The van der Waals surface area contributed by atoms with Crippen LogP contribution >= 0.6 is 0 Å². The van der Waals surface area contributed by atoms with Crippen molar-refractivity contribution in [3.63, 3.8) is 0 Å². The number of anilines is 1. The van der Waals surface area contributed by atoms with Gasteiger partial charge in [-0.05, 0) is 71.8 Å². The van der Waals surface area contributed by atoms with Gasteiger partial charge in [-0.25, -0.2) is 4.98 Å². The predicted octanol–water partition coefficient (Wildman–Crippen LogP) is 8.33. The smallest absolute Gasteiger partial charge is 0.138 e. The maximum absolute atomic E-state index is 9.12. The Labute approximate surface area is 213 Å². The van der Waals surface area contributed by atoms with Crippen molar-refractivity contribution in [2.75, 3.05) is 18.0 Å². The predicted molar refractivity (Wildman–Crippen MR) is 151 cm³/mol. The first kappa shape index (κ1) is 23.6. The Hall–Kier alpha value is -4.10. The zero-order valence-corrected chi connectivity index (χ0v) is 21.1. The highest BCUT2D eigenvalue weighted by Crippen LogP contribution is 2.36. The van der Waals surface area contributed by atoms with Gasteiger partial charge in [0, 0.05) is 29.7 Å². The second-order valence-electron chi connectivity index (χ2n) is 9.38. The van der Waals surface area contributed by atoms with Crippen LogP contribution < -0.4 is 4.90 Å². The molecule has 1 N–H and O–H groups in total. The van der Waals surface area contributed by atoms with E-state index in [2.05, 4.69) is 84.4 Å². The van der Waals surface area contributed by atoms with E-state index in [1.165, 1.54) is 47.9 Å². The first-order valence-electron chi connectivity index (χ1n) is 13.0. The quantitative estimate of drug-likeness (QED) is 0.235. The molecule has 0 amide bonds.